The monoisotopic (exact) mass is 1120 g/mol. The standard InChI is InChI=1S/C60H91N5O12.CO2/c1-18-24-50(45-28-29-51(48(31-45)65(72)73)76-59-41(12)37(8)38(9)43(14)75-59)77-60(71)63(16)54(35(5)6)49(66)32-46(34(3)4)58(70)62(15)55(36(7)19-2)52(74-17)33-53(67)64-30-23-27-47(64)39(10)40(11)57(69)61-42(13)56(68)44-25-21-20-22-26-44;2-1-3/h1,20-22,25-26,28-29,31,34-43,46-47,50,52,54-56,59,68H,19,23-24,27,30,32-33H2,2-17H3,(H,61,69);/t36-,37-,38-,39+,40+,41?,42+,43?,46-,47-,50?,52+,54-,55-,56+,59-;/m0./s1. The Labute approximate surface area is 474 Å². The number of nitrogens with one attached hydrogen (secondary N) is 1. The maximum absolute atomic E-state index is 14.8. The number of benzene rings is 2. The van der Waals surface area contributed by atoms with E-state index < -0.39 is 71.5 Å². The van der Waals surface area contributed by atoms with Gasteiger partial charge in [0.15, 0.2) is 11.5 Å². The lowest BCUT2D eigenvalue weighted by Gasteiger charge is -2.42. The average molecular weight is 1120 g/mol. The minimum absolute atomic E-state index is 0.00242. The van der Waals surface area contributed by atoms with E-state index in [2.05, 4.69) is 25.1 Å². The van der Waals surface area contributed by atoms with Gasteiger partial charge in [0, 0.05) is 69.6 Å². The fraction of sp³-hybridized carbons (Fsp3) is 0.672. The molecule has 0 aliphatic carbocycles. The molecule has 2 aliphatic rings. The molecule has 2 saturated heterocycles. The van der Waals surface area contributed by atoms with Crippen LogP contribution in [-0.2, 0) is 43.0 Å². The highest BCUT2D eigenvalue weighted by Crippen LogP contribution is 2.40. The van der Waals surface area contributed by atoms with E-state index in [-0.39, 0.29) is 114 Å². The van der Waals surface area contributed by atoms with E-state index in [9.17, 15) is 39.2 Å². The molecular weight excluding hydrogens is 1030 g/mol. The summed E-state index contributed by atoms with van der Waals surface area (Å²) in [7, 11) is 4.67. The van der Waals surface area contributed by atoms with Crippen LogP contribution < -0.4 is 10.1 Å². The number of hydrogen-bond acceptors (Lipinski definition) is 14. The van der Waals surface area contributed by atoms with Gasteiger partial charge in [-0.3, -0.25) is 29.3 Å². The highest BCUT2D eigenvalue weighted by molar-refractivity contribution is 5.92. The van der Waals surface area contributed by atoms with Crippen molar-refractivity contribution in [3.8, 4) is 18.1 Å². The molecule has 2 aliphatic heterocycles. The summed E-state index contributed by atoms with van der Waals surface area (Å²) < 4.78 is 24.3. The third kappa shape index (κ3) is 17.4. The number of ether oxygens (including phenoxy) is 4. The second kappa shape index (κ2) is 31.7. The molecule has 2 heterocycles. The van der Waals surface area contributed by atoms with E-state index >= 15 is 0 Å². The minimum Gasteiger partial charge on any atom is -0.457 e. The summed E-state index contributed by atoms with van der Waals surface area (Å²) in [5, 5.41) is 26.3. The van der Waals surface area contributed by atoms with Crippen molar-refractivity contribution >= 4 is 41.4 Å². The van der Waals surface area contributed by atoms with E-state index in [0.29, 0.717) is 18.5 Å². The van der Waals surface area contributed by atoms with Crippen LogP contribution in [0.3, 0.4) is 0 Å². The predicted molar refractivity (Wildman–Crippen MR) is 301 cm³/mol. The molecule has 0 bridgehead atoms. The molecule has 0 spiro atoms. The number of nitro groups is 1. The fourth-order valence-corrected chi connectivity index (χ4v) is 11.4. The van der Waals surface area contributed by atoms with Gasteiger partial charge in [-0.25, -0.2) is 4.79 Å². The Balaban J connectivity index is 0.00000547. The van der Waals surface area contributed by atoms with Gasteiger partial charge >= 0.3 is 17.9 Å². The van der Waals surface area contributed by atoms with Crippen molar-refractivity contribution in [2.24, 2.45) is 53.3 Å². The van der Waals surface area contributed by atoms with Crippen molar-refractivity contribution in [3.05, 3.63) is 69.8 Å². The Kier molecular flexibility index (Phi) is 27.0. The topological polar surface area (TPSA) is 242 Å². The summed E-state index contributed by atoms with van der Waals surface area (Å²) in [5.74, 6) is -0.359. The van der Waals surface area contributed by atoms with Crippen molar-refractivity contribution in [2.75, 3.05) is 27.7 Å². The van der Waals surface area contributed by atoms with E-state index in [1.807, 2.05) is 90.6 Å². The first-order valence-electron chi connectivity index (χ1n) is 28.3. The summed E-state index contributed by atoms with van der Waals surface area (Å²) >= 11 is 0. The molecule has 0 radical (unpaired) electrons. The van der Waals surface area contributed by atoms with Crippen LogP contribution in [0.1, 0.15) is 152 Å². The zero-order chi connectivity index (χ0) is 60.5. The normalized spacial score (nSPS) is 22.7. The molecule has 4 rings (SSSR count). The molecule has 0 aromatic heterocycles. The van der Waals surface area contributed by atoms with Crippen LogP contribution in [0.25, 0.3) is 0 Å². The van der Waals surface area contributed by atoms with Crippen molar-refractivity contribution in [3.63, 3.8) is 0 Å². The summed E-state index contributed by atoms with van der Waals surface area (Å²) in [4.78, 5) is 104. The van der Waals surface area contributed by atoms with Gasteiger partial charge in [0.2, 0.25) is 24.0 Å². The highest BCUT2D eigenvalue weighted by atomic mass is 16.7. The number of ketones is 1. The molecule has 2 fully saturated rings. The predicted octanol–water partition coefficient (Wildman–Crippen LogP) is 9.21. The van der Waals surface area contributed by atoms with Gasteiger partial charge in [-0.05, 0) is 73.8 Å². The first-order chi connectivity index (χ1) is 37.6. The Morgan fingerprint density at radius 2 is 1.52 bits per heavy atom. The molecule has 0 saturated carbocycles. The molecule has 16 atom stereocenters. The first kappa shape index (κ1) is 68.1. The number of Topliss-reactive ketones (excluding diaryl/α,β-unsaturated/α-hetero) is 1. The zero-order valence-electron chi connectivity index (χ0n) is 50.1. The Hall–Kier alpha value is -6.19. The van der Waals surface area contributed by atoms with Gasteiger partial charge in [-0.2, -0.15) is 9.59 Å². The smallest absolute Gasteiger partial charge is 0.410 e. The van der Waals surface area contributed by atoms with Crippen molar-refractivity contribution in [2.45, 2.75) is 183 Å². The fourth-order valence-electron chi connectivity index (χ4n) is 11.4. The number of amides is 4. The molecule has 2 N–H and O–H groups in total. The van der Waals surface area contributed by atoms with Gasteiger partial charge in [-0.15, -0.1) is 12.3 Å². The Morgan fingerprint density at radius 1 is 0.900 bits per heavy atom. The number of carbonyl (C=O) groups is 5. The zero-order valence-corrected chi connectivity index (χ0v) is 50.1. The molecule has 444 valence electrons. The quantitative estimate of drug-likeness (QED) is 0.0507. The largest absolute Gasteiger partial charge is 0.457 e. The minimum atomic E-state index is -1.11. The first-order valence-corrected chi connectivity index (χ1v) is 28.3. The number of rotatable bonds is 26. The average Bonchev–Trinajstić information content (AvgIpc) is 3.92. The van der Waals surface area contributed by atoms with Gasteiger partial charge < -0.3 is 44.1 Å². The van der Waals surface area contributed by atoms with E-state index in [4.69, 9.17) is 35.0 Å². The SMILES string of the molecule is C#CCC(OC(=O)N(C)[C@H](C(=O)C[C@H](C(=O)N(C)[C@@H]([C@@H](C)CC)[C@@H](CC(=O)N1CCC[C@H]1[C@H](C)[C@@H](C)C(=O)N[C@H](C)[C@@H](O)c1ccccc1)OC)C(C)C)C(C)C)c1ccc(O[C@@H]2OC(C)[C@@H](C)[C@H](C)C2C)c([N+](=O)[O-])c1.O=C=O. The number of nitro benzene ring substituents is 1. The van der Waals surface area contributed by atoms with Crippen LogP contribution in [-0.4, -0.2) is 131 Å². The highest BCUT2D eigenvalue weighted by Gasteiger charge is 2.44. The molecule has 2 aromatic rings. The second-order valence-corrected chi connectivity index (χ2v) is 23.0. The van der Waals surface area contributed by atoms with Gasteiger partial charge in [0.25, 0.3) is 0 Å². The summed E-state index contributed by atoms with van der Waals surface area (Å²) in [6.07, 6.45) is 3.40. The number of aliphatic hydroxyl groups is 1. The number of hydrogen-bond donors (Lipinski definition) is 2. The summed E-state index contributed by atoms with van der Waals surface area (Å²) in [5.41, 5.74) is 0.620. The number of terminal acetylenes is 1. The number of nitrogens with zero attached hydrogens (tertiary/aromatic N) is 4. The van der Waals surface area contributed by atoms with E-state index in [1.165, 1.54) is 31.2 Å². The number of carbonyl (C=O) groups excluding carboxylic acids is 7. The number of likely N-dealkylation sites (N-methyl/N-ethyl adjacent to an activating group) is 2. The third-order valence-corrected chi connectivity index (χ3v) is 17.2. The van der Waals surface area contributed by atoms with Crippen molar-refractivity contribution in [1.82, 2.24) is 20.0 Å². The van der Waals surface area contributed by atoms with E-state index in [0.717, 1.165) is 12.8 Å². The molecule has 2 aromatic carbocycles. The Morgan fingerprint density at radius 3 is 2.08 bits per heavy atom. The maximum Gasteiger partial charge on any atom is 0.410 e. The van der Waals surface area contributed by atoms with Gasteiger partial charge in [0.05, 0.1) is 54.2 Å². The lowest BCUT2D eigenvalue weighted by Crippen LogP contribution is -2.54. The number of aliphatic hydroxyl groups excluding tert-OH is 1. The third-order valence-electron chi connectivity index (χ3n) is 17.2. The van der Waals surface area contributed by atoms with Crippen LogP contribution in [0.2, 0.25) is 0 Å². The van der Waals surface area contributed by atoms with Crippen LogP contribution in [0.4, 0.5) is 10.5 Å². The van der Waals surface area contributed by atoms with E-state index in [1.54, 1.807) is 38.8 Å². The molecule has 19 nitrogen and oxygen atoms in total. The number of methoxy groups -OCH3 is 1. The van der Waals surface area contributed by atoms with Crippen molar-refractivity contribution in [1.29, 1.82) is 0 Å². The maximum atomic E-state index is 14.8. The number of likely N-dealkylation sites (tertiary alicyclic amines) is 1. The lowest BCUT2D eigenvalue weighted by molar-refractivity contribution is -0.386. The molecule has 3 unspecified atom stereocenters. The second-order valence-electron chi connectivity index (χ2n) is 23.0. The Bertz CT molecular complexity index is 2440. The summed E-state index contributed by atoms with van der Waals surface area (Å²) in [6.45, 7) is 25.6. The van der Waals surface area contributed by atoms with Gasteiger partial charge in [-0.1, -0.05) is 119 Å². The molecule has 19 heteroatoms. The van der Waals surface area contributed by atoms with Gasteiger partial charge in [0.1, 0.15) is 6.10 Å². The molecule has 4 amide bonds. The van der Waals surface area contributed by atoms with Crippen LogP contribution in [0.15, 0.2) is 48.5 Å². The summed E-state index contributed by atoms with van der Waals surface area (Å²) in [6, 6.07) is 11.1. The van der Waals surface area contributed by atoms with Crippen molar-refractivity contribution < 1.29 is 62.5 Å². The van der Waals surface area contributed by atoms with Crippen LogP contribution in [0, 0.1) is 75.7 Å². The van der Waals surface area contributed by atoms with Crippen LogP contribution in [0.5, 0.6) is 5.75 Å². The van der Waals surface area contributed by atoms with Crippen LogP contribution >= 0.6 is 0 Å². The lowest BCUT2D eigenvalue weighted by atomic mass is 9.79. The molecule has 80 heavy (non-hydrogen) atoms. The molecular formula is C61H91N5O14.